The SMILES string of the molecule is COc1ccc(C)cc1NC(=O)C(C)OC(=O)c1ccccc1Oc1ccccc1. The molecule has 30 heavy (non-hydrogen) atoms. The van der Waals surface area contributed by atoms with E-state index in [2.05, 4.69) is 5.32 Å². The van der Waals surface area contributed by atoms with Crippen LogP contribution in [0.1, 0.15) is 22.8 Å². The third kappa shape index (κ3) is 5.17. The number of ether oxygens (including phenoxy) is 3. The van der Waals surface area contributed by atoms with Crippen LogP contribution >= 0.6 is 0 Å². The second-order valence-corrected chi connectivity index (χ2v) is 6.65. The number of carbonyl (C=O) groups excluding carboxylic acids is 2. The van der Waals surface area contributed by atoms with Gasteiger partial charge in [-0.3, -0.25) is 4.79 Å². The Balaban J connectivity index is 1.70. The van der Waals surface area contributed by atoms with E-state index >= 15 is 0 Å². The van der Waals surface area contributed by atoms with Gasteiger partial charge in [-0.1, -0.05) is 36.4 Å². The predicted molar refractivity (Wildman–Crippen MR) is 114 cm³/mol. The average molecular weight is 405 g/mol. The van der Waals surface area contributed by atoms with E-state index in [-0.39, 0.29) is 5.56 Å². The van der Waals surface area contributed by atoms with Gasteiger partial charge in [0, 0.05) is 0 Å². The van der Waals surface area contributed by atoms with Crippen molar-refractivity contribution in [1.82, 2.24) is 0 Å². The molecule has 6 heteroatoms. The van der Waals surface area contributed by atoms with Crippen LogP contribution in [-0.4, -0.2) is 25.1 Å². The normalized spacial score (nSPS) is 11.3. The van der Waals surface area contributed by atoms with Crippen molar-refractivity contribution in [3.8, 4) is 17.2 Å². The second-order valence-electron chi connectivity index (χ2n) is 6.65. The molecule has 0 aliphatic rings. The van der Waals surface area contributed by atoms with Gasteiger partial charge in [-0.15, -0.1) is 0 Å². The second kappa shape index (κ2) is 9.60. The summed E-state index contributed by atoms with van der Waals surface area (Å²) >= 11 is 0. The third-order valence-corrected chi connectivity index (χ3v) is 4.34. The molecule has 0 spiro atoms. The Bertz CT molecular complexity index is 1030. The topological polar surface area (TPSA) is 73.9 Å². The molecule has 3 aromatic carbocycles. The van der Waals surface area contributed by atoms with Gasteiger partial charge >= 0.3 is 5.97 Å². The number of nitrogens with one attached hydrogen (secondary N) is 1. The maximum Gasteiger partial charge on any atom is 0.342 e. The quantitative estimate of drug-likeness (QED) is 0.561. The van der Waals surface area contributed by atoms with Crippen molar-refractivity contribution in [3.63, 3.8) is 0 Å². The van der Waals surface area contributed by atoms with Gasteiger partial charge in [-0.25, -0.2) is 4.79 Å². The Labute approximate surface area is 175 Å². The lowest BCUT2D eigenvalue weighted by Crippen LogP contribution is -2.30. The van der Waals surface area contributed by atoms with Crippen LogP contribution in [0.5, 0.6) is 17.2 Å². The average Bonchev–Trinajstić information content (AvgIpc) is 2.75. The van der Waals surface area contributed by atoms with Gasteiger partial charge in [0.1, 0.15) is 22.8 Å². The summed E-state index contributed by atoms with van der Waals surface area (Å²) in [6, 6.07) is 21.3. The van der Waals surface area contributed by atoms with E-state index in [4.69, 9.17) is 14.2 Å². The number of carbonyl (C=O) groups is 2. The summed E-state index contributed by atoms with van der Waals surface area (Å²) in [6.45, 7) is 3.42. The maximum absolute atomic E-state index is 12.7. The summed E-state index contributed by atoms with van der Waals surface area (Å²) in [7, 11) is 1.52. The number of amides is 1. The number of methoxy groups -OCH3 is 1. The molecule has 0 heterocycles. The van der Waals surface area contributed by atoms with Gasteiger partial charge in [-0.2, -0.15) is 0 Å². The molecule has 0 aromatic heterocycles. The lowest BCUT2D eigenvalue weighted by atomic mass is 10.2. The summed E-state index contributed by atoms with van der Waals surface area (Å²) in [6.07, 6.45) is -1.02. The minimum Gasteiger partial charge on any atom is -0.495 e. The van der Waals surface area contributed by atoms with Gasteiger partial charge in [0.05, 0.1) is 12.8 Å². The van der Waals surface area contributed by atoms with Crippen LogP contribution in [-0.2, 0) is 9.53 Å². The fraction of sp³-hybridized carbons (Fsp3) is 0.167. The fourth-order valence-electron chi connectivity index (χ4n) is 2.77. The highest BCUT2D eigenvalue weighted by molar-refractivity contribution is 5.99. The number of para-hydroxylation sites is 2. The Morgan fingerprint density at radius 1 is 0.900 bits per heavy atom. The number of rotatable bonds is 7. The molecule has 0 aliphatic carbocycles. The fourth-order valence-corrected chi connectivity index (χ4v) is 2.77. The largest absolute Gasteiger partial charge is 0.495 e. The molecule has 0 radical (unpaired) electrons. The Morgan fingerprint density at radius 3 is 2.33 bits per heavy atom. The predicted octanol–water partition coefficient (Wildman–Crippen LogP) is 4.98. The van der Waals surface area contributed by atoms with Crippen LogP contribution in [0.4, 0.5) is 5.69 Å². The lowest BCUT2D eigenvalue weighted by Gasteiger charge is -2.16. The highest BCUT2D eigenvalue weighted by Gasteiger charge is 2.22. The molecule has 0 fully saturated rings. The Kier molecular flexibility index (Phi) is 6.70. The molecule has 1 unspecified atom stereocenters. The lowest BCUT2D eigenvalue weighted by molar-refractivity contribution is -0.123. The van der Waals surface area contributed by atoms with E-state index in [0.717, 1.165) is 5.56 Å². The van der Waals surface area contributed by atoms with Crippen LogP contribution in [0.3, 0.4) is 0 Å². The Hall–Kier alpha value is -3.80. The molecular formula is C24H23NO5. The first-order chi connectivity index (χ1) is 14.5. The van der Waals surface area contributed by atoms with Gasteiger partial charge in [0.2, 0.25) is 0 Å². The smallest absolute Gasteiger partial charge is 0.342 e. The molecule has 1 amide bonds. The van der Waals surface area contributed by atoms with E-state index in [9.17, 15) is 9.59 Å². The molecule has 3 aromatic rings. The highest BCUT2D eigenvalue weighted by Crippen LogP contribution is 2.27. The monoisotopic (exact) mass is 405 g/mol. The number of aryl methyl sites for hydroxylation is 1. The number of benzene rings is 3. The zero-order valence-electron chi connectivity index (χ0n) is 17.0. The molecule has 154 valence electrons. The molecule has 6 nitrogen and oxygen atoms in total. The molecular weight excluding hydrogens is 382 g/mol. The summed E-state index contributed by atoms with van der Waals surface area (Å²) in [5.41, 5.74) is 1.70. The zero-order chi connectivity index (χ0) is 21.5. The Morgan fingerprint density at radius 2 is 1.60 bits per heavy atom. The van der Waals surface area contributed by atoms with Crippen molar-refractivity contribution in [2.75, 3.05) is 12.4 Å². The van der Waals surface area contributed by atoms with Crippen LogP contribution in [0.15, 0.2) is 72.8 Å². The first-order valence-corrected chi connectivity index (χ1v) is 9.46. The molecule has 0 bridgehead atoms. The standard InChI is InChI=1S/C24H23NO5/c1-16-13-14-22(28-3)20(15-16)25-23(26)17(2)29-24(27)19-11-7-8-12-21(19)30-18-9-5-4-6-10-18/h4-15,17H,1-3H3,(H,25,26). The van der Waals surface area contributed by atoms with E-state index in [1.54, 1.807) is 48.5 Å². The first kappa shape index (κ1) is 20.9. The van der Waals surface area contributed by atoms with E-state index < -0.39 is 18.0 Å². The van der Waals surface area contributed by atoms with Crippen LogP contribution in [0.25, 0.3) is 0 Å². The van der Waals surface area contributed by atoms with E-state index in [1.165, 1.54) is 14.0 Å². The summed E-state index contributed by atoms with van der Waals surface area (Å²) in [5.74, 6) is 0.347. The van der Waals surface area contributed by atoms with Crippen LogP contribution in [0.2, 0.25) is 0 Å². The van der Waals surface area contributed by atoms with Crippen molar-refractivity contribution in [2.45, 2.75) is 20.0 Å². The number of hydrogen-bond donors (Lipinski definition) is 1. The summed E-state index contributed by atoms with van der Waals surface area (Å²) in [5, 5.41) is 2.74. The van der Waals surface area contributed by atoms with Crippen molar-refractivity contribution in [2.24, 2.45) is 0 Å². The van der Waals surface area contributed by atoms with Crippen molar-refractivity contribution in [3.05, 3.63) is 83.9 Å². The van der Waals surface area contributed by atoms with E-state index in [1.807, 2.05) is 31.2 Å². The minimum atomic E-state index is -1.02. The first-order valence-electron chi connectivity index (χ1n) is 9.46. The number of anilines is 1. The third-order valence-electron chi connectivity index (χ3n) is 4.34. The molecule has 0 aliphatic heterocycles. The molecule has 1 N–H and O–H groups in total. The number of esters is 1. The van der Waals surface area contributed by atoms with Gasteiger partial charge in [-0.05, 0) is 55.8 Å². The molecule has 0 saturated heterocycles. The van der Waals surface area contributed by atoms with Crippen molar-refractivity contribution in [1.29, 1.82) is 0 Å². The molecule has 1 atom stereocenters. The van der Waals surface area contributed by atoms with Crippen LogP contribution in [0, 0.1) is 6.92 Å². The van der Waals surface area contributed by atoms with E-state index in [0.29, 0.717) is 22.9 Å². The highest BCUT2D eigenvalue weighted by atomic mass is 16.5. The van der Waals surface area contributed by atoms with Gasteiger partial charge < -0.3 is 19.5 Å². The maximum atomic E-state index is 12.7. The molecule has 0 saturated carbocycles. The van der Waals surface area contributed by atoms with Crippen LogP contribution < -0.4 is 14.8 Å². The van der Waals surface area contributed by atoms with Crippen molar-refractivity contribution < 1.29 is 23.8 Å². The number of hydrogen-bond acceptors (Lipinski definition) is 5. The van der Waals surface area contributed by atoms with Gasteiger partial charge in [0.15, 0.2) is 6.10 Å². The summed E-state index contributed by atoms with van der Waals surface area (Å²) in [4.78, 5) is 25.3. The van der Waals surface area contributed by atoms with Gasteiger partial charge in [0.25, 0.3) is 5.91 Å². The minimum absolute atomic E-state index is 0.231. The molecule has 3 rings (SSSR count). The van der Waals surface area contributed by atoms with Crippen molar-refractivity contribution >= 4 is 17.6 Å². The summed E-state index contributed by atoms with van der Waals surface area (Å²) < 4.78 is 16.4. The zero-order valence-corrected chi connectivity index (χ0v) is 17.0.